The van der Waals surface area contributed by atoms with Crippen LogP contribution in [0, 0.1) is 13.8 Å². The molecule has 2 aromatic rings. The zero-order valence-electron chi connectivity index (χ0n) is 12.6. The van der Waals surface area contributed by atoms with Crippen LogP contribution in [0.25, 0.3) is 0 Å². The highest BCUT2D eigenvalue weighted by Crippen LogP contribution is 2.24. The summed E-state index contributed by atoms with van der Waals surface area (Å²) in [7, 11) is 1.89. The number of nitrogens with zero attached hydrogens (tertiary/aromatic N) is 2. The minimum absolute atomic E-state index is 0.873. The number of aryl methyl sites for hydroxylation is 2. The van der Waals surface area contributed by atoms with E-state index < -0.39 is 0 Å². The molecular weight excluding hydrogens is 248 g/mol. The van der Waals surface area contributed by atoms with Crippen LogP contribution in [-0.4, -0.2) is 17.0 Å². The minimum Gasteiger partial charge on any atom is -0.373 e. The highest BCUT2D eigenvalue weighted by molar-refractivity contribution is 5.65. The lowest BCUT2D eigenvalue weighted by molar-refractivity contribution is 0.835. The zero-order chi connectivity index (χ0) is 14.5. The fourth-order valence-electron chi connectivity index (χ4n) is 2.12. The number of anilines is 3. The van der Waals surface area contributed by atoms with Crippen molar-refractivity contribution in [1.29, 1.82) is 0 Å². The molecule has 1 heterocycles. The Kier molecular flexibility index (Phi) is 4.56. The largest absolute Gasteiger partial charge is 0.373 e. The van der Waals surface area contributed by atoms with E-state index >= 15 is 0 Å². The van der Waals surface area contributed by atoms with Gasteiger partial charge in [-0.3, -0.25) is 0 Å². The third kappa shape index (κ3) is 3.26. The number of hydrogen-bond acceptors (Lipinski definition) is 4. The number of rotatable bonds is 5. The average molecular weight is 270 g/mol. The van der Waals surface area contributed by atoms with Gasteiger partial charge in [0.2, 0.25) is 0 Å². The van der Waals surface area contributed by atoms with E-state index in [4.69, 9.17) is 0 Å². The van der Waals surface area contributed by atoms with E-state index in [1.165, 1.54) is 5.56 Å². The van der Waals surface area contributed by atoms with Crippen LogP contribution in [-0.2, 0) is 6.42 Å². The van der Waals surface area contributed by atoms with Crippen LogP contribution in [0.5, 0.6) is 0 Å². The molecule has 4 heteroatoms. The van der Waals surface area contributed by atoms with Gasteiger partial charge in [-0.15, -0.1) is 0 Å². The summed E-state index contributed by atoms with van der Waals surface area (Å²) >= 11 is 0. The summed E-state index contributed by atoms with van der Waals surface area (Å²) in [5.41, 5.74) is 3.31. The maximum atomic E-state index is 4.63. The summed E-state index contributed by atoms with van der Waals surface area (Å²) < 4.78 is 0. The van der Waals surface area contributed by atoms with Gasteiger partial charge in [-0.05, 0) is 38.0 Å². The molecule has 0 unspecified atom stereocenters. The standard InChI is InChI=1S/C16H22N4/c1-5-7-14-19-15(17-4)12(3)16(20-14)18-13-9-6-8-11(2)10-13/h6,8-10H,5,7H2,1-4H3,(H2,17,18,19,20). The fraction of sp³-hybridized carbons (Fsp3) is 0.375. The second kappa shape index (κ2) is 6.37. The first kappa shape index (κ1) is 14.3. The second-order valence-corrected chi connectivity index (χ2v) is 4.96. The lowest BCUT2D eigenvalue weighted by Crippen LogP contribution is -2.07. The molecule has 0 aliphatic carbocycles. The van der Waals surface area contributed by atoms with Crippen molar-refractivity contribution in [2.45, 2.75) is 33.6 Å². The fourth-order valence-corrected chi connectivity index (χ4v) is 2.12. The van der Waals surface area contributed by atoms with E-state index in [9.17, 15) is 0 Å². The first-order chi connectivity index (χ1) is 9.63. The van der Waals surface area contributed by atoms with Crippen molar-refractivity contribution in [1.82, 2.24) is 9.97 Å². The van der Waals surface area contributed by atoms with Gasteiger partial charge >= 0.3 is 0 Å². The van der Waals surface area contributed by atoms with Crippen molar-refractivity contribution in [3.05, 3.63) is 41.2 Å². The van der Waals surface area contributed by atoms with Crippen molar-refractivity contribution in [2.24, 2.45) is 0 Å². The second-order valence-electron chi connectivity index (χ2n) is 4.96. The Hall–Kier alpha value is -2.10. The van der Waals surface area contributed by atoms with E-state index in [-0.39, 0.29) is 0 Å². The molecule has 0 aliphatic heterocycles. The topological polar surface area (TPSA) is 49.8 Å². The van der Waals surface area contributed by atoms with Gasteiger partial charge in [0, 0.05) is 24.7 Å². The van der Waals surface area contributed by atoms with Crippen LogP contribution in [0.1, 0.15) is 30.3 Å². The van der Waals surface area contributed by atoms with Crippen molar-refractivity contribution in [3.63, 3.8) is 0 Å². The van der Waals surface area contributed by atoms with Crippen molar-refractivity contribution < 1.29 is 0 Å². The molecule has 4 nitrogen and oxygen atoms in total. The van der Waals surface area contributed by atoms with E-state index in [1.54, 1.807) is 0 Å². The highest BCUT2D eigenvalue weighted by atomic mass is 15.1. The van der Waals surface area contributed by atoms with Gasteiger partial charge in [-0.1, -0.05) is 19.1 Å². The first-order valence-electron chi connectivity index (χ1n) is 7.03. The smallest absolute Gasteiger partial charge is 0.139 e. The Morgan fingerprint density at radius 3 is 2.50 bits per heavy atom. The third-order valence-corrected chi connectivity index (χ3v) is 3.18. The zero-order valence-corrected chi connectivity index (χ0v) is 12.6. The van der Waals surface area contributed by atoms with E-state index in [0.717, 1.165) is 41.6 Å². The lowest BCUT2D eigenvalue weighted by atomic mass is 10.2. The summed E-state index contributed by atoms with van der Waals surface area (Å²) in [6.07, 6.45) is 1.92. The average Bonchev–Trinajstić information content (AvgIpc) is 2.42. The minimum atomic E-state index is 0.873. The van der Waals surface area contributed by atoms with Crippen molar-refractivity contribution >= 4 is 17.3 Å². The van der Waals surface area contributed by atoms with Crippen LogP contribution in [0.15, 0.2) is 24.3 Å². The Morgan fingerprint density at radius 2 is 1.85 bits per heavy atom. The highest BCUT2D eigenvalue weighted by Gasteiger charge is 2.10. The monoisotopic (exact) mass is 270 g/mol. The molecule has 0 fully saturated rings. The van der Waals surface area contributed by atoms with Gasteiger partial charge < -0.3 is 10.6 Å². The predicted molar refractivity (Wildman–Crippen MR) is 84.8 cm³/mol. The van der Waals surface area contributed by atoms with Crippen molar-refractivity contribution in [3.8, 4) is 0 Å². The molecule has 0 amide bonds. The summed E-state index contributed by atoms with van der Waals surface area (Å²) in [5, 5.41) is 6.54. The number of hydrogen-bond donors (Lipinski definition) is 2. The number of nitrogens with one attached hydrogen (secondary N) is 2. The van der Waals surface area contributed by atoms with Crippen molar-refractivity contribution in [2.75, 3.05) is 17.7 Å². The third-order valence-electron chi connectivity index (χ3n) is 3.18. The molecule has 2 rings (SSSR count). The molecule has 0 atom stereocenters. The molecule has 0 radical (unpaired) electrons. The Balaban J connectivity index is 2.36. The van der Waals surface area contributed by atoms with Gasteiger partial charge in [-0.25, -0.2) is 9.97 Å². The van der Waals surface area contributed by atoms with E-state index in [2.05, 4.69) is 46.6 Å². The van der Waals surface area contributed by atoms with Crippen LogP contribution < -0.4 is 10.6 Å². The van der Waals surface area contributed by atoms with Gasteiger partial charge in [0.15, 0.2) is 0 Å². The molecule has 0 bridgehead atoms. The molecule has 2 N–H and O–H groups in total. The van der Waals surface area contributed by atoms with Crippen LogP contribution >= 0.6 is 0 Å². The maximum Gasteiger partial charge on any atom is 0.139 e. The van der Waals surface area contributed by atoms with Gasteiger partial charge in [0.25, 0.3) is 0 Å². The normalized spacial score (nSPS) is 10.4. The van der Waals surface area contributed by atoms with Gasteiger partial charge in [0.05, 0.1) is 0 Å². The molecule has 1 aromatic heterocycles. The number of aromatic nitrogens is 2. The molecule has 0 aliphatic rings. The van der Waals surface area contributed by atoms with E-state index in [1.807, 2.05) is 26.1 Å². The molecular formula is C16H22N4. The summed E-state index contributed by atoms with van der Waals surface area (Å²) in [4.78, 5) is 9.17. The maximum absolute atomic E-state index is 4.63. The summed E-state index contributed by atoms with van der Waals surface area (Å²) in [5.74, 6) is 2.63. The van der Waals surface area contributed by atoms with Gasteiger partial charge in [-0.2, -0.15) is 0 Å². The lowest BCUT2D eigenvalue weighted by Gasteiger charge is -2.14. The van der Waals surface area contributed by atoms with Gasteiger partial charge in [0.1, 0.15) is 17.5 Å². The van der Waals surface area contributed by atoms with Crippen LogP contribution in [0.3, 0.4) is 0 Å². The molecule has 0 spiro atoms. The van der Waals surface area contributed by atoms with Crippen LogP contribution in [0.2, 0.25) is 0 Å². The molecule has 20 heavy (non-hydrogen) atoms. The first-order valence-corrected chi connectivity index (χ1v) is 7.03. The quantitative estimate of drug-likeness (QED) is 0.867. The Bertz CT molecular complexity index is 593. The molecule has 0 saturated heterocycles. The molecule has 0 saturated carbocycles. The van der Waals surface area contributed by atoms with E-state index in [0.29, 0.717) is 0 Å². The molecule has 1 aromatic carbocycles. The summed E-state index contributed by atoms with van der Waals surface area (Å²) in [6, 6.07) is 8.28. The predicted octanol–water partition coefficient (Wildman–Crippen LogP) is 3.83. The SMILES string of the molecule is CCCc1nc(NC)c(C)c(Nc2cccc(C)c2)n1. The van der Waals surface area contributed by atoms with Crippen LogP contribution in [0.4, 0.5) is 17.3 Å². The summed E-state index contributed by atoms with van der Waals surface area (Å²) in [6.45, 7) is 6.25. The number of benzene rings is 1. The Labute approximate surface area is 120 Å². The Morgan fingerprint density at radius 1 is 1.10 bits per heavy atom. The molecule has 106 valence electrons.